The van der Waals surface area contributed by atoms with Gasteiger partial charge in [0.05, 0.1) is 18.7 Å². The van der Waals surface area contributed by atoms with Crippen molar-refractivity contribution in [1.82, 2.24) is 9.88 Å². The highest BCUT2D eigenvalue weighted by Gasteiger charge is 2.46. The summed E-state index contributed by atoms with van der Waals surface area (Å²) in [5.41, 5.74) is 2.74. The van der Waals surface area contributed by atoms with Gasteiger partial charge in [0, 0.05) is 34.2 Å². The molecule has 1 aliphatic heterocycles. The number of carbonyl (C=O) groups excluding carboxylic acids is 2. The number of phenols is 1. The molecule has 0 aliphatic carbocycles. The lowest BCUT2D eigenvalue weighted by Crippen LogP contribution is -2.31. The molecule has 1 aromatic heterocycles. The molecule has 3 aromatic carbocycles. The maximum atomic E-state index is 13.2. The minimum atomic E-state index is -0.868. The molecule has 182 valence electrons. The maximum Gasteiger partial charge on any atom is 0.295 e. The van der Waals surface area contributed by atoms with E-state index in [-0.39, 0.29) is 23.6 Å². The molecule has 1 atom stereocenters. The van der Waals surface area contributed by atoms with Crippen LogP contribution in [-0.2, 0) is 16.0 Å². The van der Waals surface area contributed by atoms with Gasteiger partial charge >= 0.3 is 0 Å². The van der Waals surface area contributed by atoms with Crippen LogP contribution in [0.2, 0.25) is 5.02 Å². The summed E-state index contributed by atoms with van der Waals surface area (Å²) >= 11 is 5.98. The summed E-state index contributed by atoms with van der Waals surface area (Å²) in [7, 11) is 1.60. The Balaban J connectivity index is 1.56. The first-order valence-corrected chi connectivity index (χ1v) is 11.7. The van der Waals surface area contributed by atoms with Gasteiger partial charge in [-0.25, -0.2) is 0 Å². The first-order chi connectivity index (χ1) is 17.4. The summed E-state index contributed by atoms with van der Waals surface area (Å²) in [6.45, 7) is 0.215. The number of nitrogens with one attached hydrogen (secondary N) is 1. The van der Waals surface area contributed by atoms with Crippen LogP contribution < -0.4 is 4.74 Å². The van der Waals surface area contributed by atoms with Gasteiger partial charge in [-0.05, 0) is 72.1 Å². The molecule has 7 nitrogen and oxygen atoms in total. The Morgan fingerprint density at radius 1 is 1.08 bits per heavy atom. The number of likely N-dealkylation sites (tertiary alicyclic amines) is 1. The Morgan fingerprint density at radius 3 is 2.58 bits per heavy atom. The Kier molecular flexibility index (Phi) is 6.16. The molecule has 0 bridgehead atoms. The van der Waals surface area contributed by atoms with E-state index < -0.39 is 17.7 Å². The van der Waals surface area contributed by atoms with Crippen molar-refractivity contribution in [2.24, 2.45) is 0 Å². The van der Waals surface area contributed by atoms with Gasteiger partial charge in [-0.1, -0.05) is 23.7 Å². The molecule has 1 aliphatic rings. The van der Waals surface area contributed by atoms with Crippen molar-refractivity contribution in [3.63, 3.8) is 0 Å². The molecule has 0 radical (unpaired) electrons. The van der Waals surface area contributed by atoms with Crippen molar-refractivity contribution in [3.05, 3.63) is 100 Å². The number of carbonyl (C=O) groups is 2. The lowest BCUT2D eigenvalue weighted by Gasteiger charge is -2.25. The highest BCUT2D eigenvalue weighted by atomic mass is 35.5. The van der Waals surface area contributed by atoms with Crippen molar-refractivity contribution in [3.8, 4) is 11.5 Å². The van der Waals surface area contributed by atoms with Crippen molar-refractivity contribution < 1.29 is 24.5 Å². The molecule has 36 heavy (non-hydrogen) atoms. The van der Waals surface area contributed by atoms with E-state index in [9.17, 15) is 19.8 Å². The van der Waals surface area contributed by atoms with Crippen molar-refractivity contribution in [2.45, 2.75) is 12.5 Å². The van der Waals surface area contributed by atoms with E-state index in [1.165, 1.54) is 17.0 Å². The monoisotopic (exact) mass is 502 g/mol. The topological polar surface area (TPSA) is 103 Å². The number of aliphatic hydroxyl groups is 1. The number of amides is 1. The molecule has 0 saturated carbocycles. The van der Waals surface area contributed by atoms with Crippen LogP contribution in [-0.4, -0.2) is 45.4 Å². The number of benzene rings is 3. The van der Waals surface area contributed by atoms with Gasteiger partial charge in [0.1, 0.15) is 17.3 Å². The van der Waals surface area contributed by atoms with Gasteiger partial charge in [-0.2, -0.15) is 0 Å². The molecule has 1 amide bonds. The fourth-order valence-corrected chi connectivity index (χ4v) is 4.77. The number of hydrogen-bond acceptors (Lipinski definition) is 5. The predicted octanol–water partition coefficient (Wildman–Crippen LogP) is 5.20. The van der Waals surface area contributed by atoms with Crippen molar-refractivity contribution >= 4 is 40.0 Å². The number of halogens is 1. The number of nitrogens with zero attached hydrogens (tertiary/aromatic N) is 1. The summed E-state index contributed by atoms with van der Waals surface area (Å²) in [6.07, 6.45) is 2.33. The van der Waals surface area contributed by atoms with Crippen molar-refractivity contribution in [2.75, 3.05) is 13.7 Å². The number of ketones is 1. The van der Waals surface area contributed by atoms with Crippen LogP contribution in [0.5, 0.6) is 11.5 Å². The summed E-state index contributed by atoms with van der Waals surface area (Å²) in [5.74, 6) is -1.08. The van der Waals surface area contributed by atoms with Gasteiger partial charge in [-0.3, -0.25) is 9.59 Å². The standard InChI is InChI=1S/C28H23ClN2O5/c1-36-21-9-10-23-22(14-21)18(15-30-23)11-12-31-25(17-3-2-4-20(32)13-17)24(27(34)28(31)35)26(33)16-5-7-19(29)8-6-16/h2-10,13-15,25,30,32-33H,11-12H2,1H3/b26-24-. The molecule has 5 rings (SSSR count). The number of rotatable bonds is 6. The van der Waals surface area contributed by atoms with E-state index in [1.807, 2.05) is 24.4 Å². The fraction of sp³-hybridized carbons (Fsp3) is 0.143. The maximum absolute atomic E-state index is 13.2. The Labute approximate surface area is 212 Å². The molecule has 0 spiro atoms. The Morgan fingerprint density at radius 2 is 1.86 bits per heavy atom. The molecular formula is C28H23ClN2O5. The number of ether oxygens (including phenoxy) is 1. The first-order valence-electron chi connectivity index (χ1n) is 11.3. The van der Waals surface area contributed by atoms with E-state index in [0.717, 1.165) is 16.5 Å². The number of aromatic amines is 1. The molecule has 8 heteroatoms. The van der Waals surface area contributed by atoms with Gasteiger partial charge in [0.2, 0.25) is 0 Å². The van der Waals surface area contributed by atoms with Gasteiger partial charge in [0.25, 0.3) is 11.7 Å². The van der Waals surface area contributed by atoms with E-state index in [4.69, 9.17) is 16.3 Å². The van der Waals surface area contributed by atoms with E-state index in [2.05, 4.69) is 4.98 Å². The van der Waals surface area contributed by atoms with E-state index in [1.54, 1.807) is 43.5 Å². The SMILES string of the molecule is COc1ccc2[nH]cc(CCN3C(=O)C(=O)/C(=C(\O)c4ccc(Cl)cc4)C3c3cccc(O)c3)c2c1. The van der Waals surface area contributed by atoms with Gasteiger partial charge in [-0.15, -0.1) is 0 Å². The number of methoxy groups -OCH3 is 1. The van der Waals surface area contributed by atoms with Crippen LogP contribution in [0.1, 0.15) is 22.7 Å². The third-order valence-corrected chi connectivity index (χ3v) is 6.69. The largest absolute Gasteiger partial charge is 0.508 e. The lowest BCUT2D eigenvalue weighted by atomic mass is 9.95. The molecule has 2 heterocycles. The number of Topliss-reactive ketones (excluding diaryl/α,β-unsaturated/α-hetero) is 1. The average Bonchev–Trinajstić information content (AvgIpc) is 3.40. The van der Waals surface area contributed by atoms with Crippen LogP contribution in [0.4, 0.5) is 0 Å². The number of aromatic nitrogens is 1. The Hall–Kier alpha value is -4.23. The molecule has 3 N–H and O–H groups in total. The minimum absolute atomic E-state index is 0.00620. The normalized spacial score (nSPS) is 17.2. The quantitative estimate of drug-likeness (QED) is 0.191. The zero-order chi connectivity index (χ0) is 25.4. The predicted molar refractivity (Wildman–Crippen MR) is 137 cm³/mol. The van der Waals surface area contributed by atoms with Gasteiger partial charge in [0.15, 0.2) is 0 Å². The molecule has 1 unspecified atom stereocenters. The summed E-state index contributed by atoms with van der Waals surface area (Å²) in [4.78, 5) is 31.1. The third kappa shape index (κ3) is 4.18. The summed E-state index contributed by atoms with van der Waals surface area (Å²) in [5, 5.41) is 22.7. The molecule has 1 fully saturated rings. The van der Waals surface area contributed by atoms with Crippen LogP contribution >= 0.6 is 11.6 Å². The molecular weight excluding hydrogens is 480 g/mol. The highest BCUT2D eigenvalue weighted by Crippen LogP contribution is 2.40. The summed E-state index contributed by atoms with van der Waals surface area (Å²) in [6, 6.07) is 17.6. The van der Waals surface area contributed by atoms with Crippen molar-refractivity contribution in [1.29, 1.82) is 0 Å². The Bertz CT molecular complexity index is 1510. The smallest absolute Gasteiger partial charge is 0.295 e. The van der Waals surface area contributed by atoms with E-state index in [0.29, 0.717) is 28.3 Å². The van der Waals surface area contributed by atoms with E-state index >= 15 is 0 Å². The molecule has 4 aromatic rings. The minimum Gasteiger partial charge on any atom is -0.508 e. The van der Waals surface area contributed by atoms with Crippen LogP contribution in [0, 0.1) is 0 Å². The number of aliphatic hydroxyl groups excluding tert-OH is 1. The second-order valence-electron chi connectivity index (χ2n) is 8.57. The second-order valence-corrected chi connectivity index (χ2v) is 9.01. The number of aromatic hydroxyl groups is 1. The van der Waals surface area contributed by atoms with Crippen LogP contribution in [0.3, 0.4) is 0 Å². The van der Waals surface area contributed by atoms with Gasteiger partial charge < -0.3 is 24.8 Å². The number of hydrogen-bond donors (Lipinski definition) is 3. The zero-order valence-electron chi connectivity index (χ0n) is 19.4. The number of phenolic OH excluding ortho intramolecular Hbond substituents is 1. The number of fused-ring (bicyclic) bond motifs is 1. The number of H-pyrrole nitrogens is 1. The fourth-order valence-electron chi connectivity index (χ4n) is 4.65. The van der Waals surface area contributed by atoms with Crippen LogP contribution in [0.15, 0.2) is 78.5 Å². The summed E-state index contributed by atoms with van der Waals surface area (Å²) < 4.78 is 5.34. The van der Waals surface area contributed by atoms with Crippen LogP contribution in [0.25, 0.3) is 16.7 Å². The second kappa shape index (κ2) is 9.43. The molecule has 1 saturated heterocycles. The average molecular weight is 503 g/mol. The lowest BCUT2D eigenvalue weighted by molar-refractivity contribution is -0.139. The highest BCUT2D eigenvalue weighted by molar-refractivity contribution is 6.46. The first kappa shape index (κ1) is 23.5. The zero-order valence-corrected chi connectivity index (χ0v) is 20.1. The third-order valence-electron chi connectivity index (χ3n) is 6.44.